The molecule has 2 rings (SSSR count). The summed E-state index contributed by atoms with van der Waals surface area (Å²) >= 11 is 0. The van der Waals surface area contributed by atoms with Crippen molar-refractivity contribution < 1.29 is 9.53 Å². The summed E-state index contributed by atoms with van der Waals surface area (Å²) < 4.78 is 5.27. The molecule has 1 aliphatic rings. The van der Waals surface area contributed by atoms with E-state index in [0.717, 1.165) is 5.82 Å². The molecule has 1 aromatic rings. The monoisotopic (exact) mass is 293 g/mol. The second kappa shape index (κ2) is 7.05. The maximum Gasteiger partial charge on any atom is 0.319 e. The number of aromatic nitrogens is 3. The number of hydrogen-bond donors (Lipinski definition) is 1. The first-order chi connectivity index (χ1) is 10.2. The third-order valence-electron chi connectivity index (χ3n) is 4.80. The predicted molar refractivity (Wildman–Crippen MR) is 81.1 cm³/mol. The highest BCUT2D eigenvalue weighted by Gasteiger charge is 2.42. The van der Waals surface area contributed by atoms with E-state index >= 15 is 0 Å². The summed E-state index contributed by atoms with van der Waals surface area (Å²) in [6.45, 7) is 6.22. The second-order valence-corrected chi connectivity index (χ2v) is 5.89. The SMILES string of the molecule is CCOC(=O)C(CC)(CC)c1n[nH]c(C2CCCCC2)n1. The maximum atomic E-state index is 12.4. The van der Waals surface area contributed by atoms with E-state index in [0.29, 0.717) is 31.2 Å². The Bertz CT molecular complexity index is 460. The maximum absolute atomic E-state index is 12.4. The van der Waals surface area contributed by atoms with Gasteiger partial charge < -0.3 is 4.74 Å². The van der Waals surface area contributed by atoms with E-state index in [-0.39, 0.29) is 5.97 Å². The van der Waals surface area contributed by atoms with Gasteiger partial charge in [-0.15, -0.1) is 0 Å². The summed E-state index contributed by atoms with van der Waals surface area (Å²) in [7, 11) is 0. The normalized spacial score (nSPS) is 16.9. The van der Waals surface area contributed by atoms with E-state index in [4.69, 9.17) is 4.74 Å². The summed E-state index contributed by atoms with van der Waals surface area (Å²) in [5, 5.41) is 7.45. The lowest BCUT2D eigenvalue weighted by molar-refractivity contribution is -0.151. The van der Waals surface area contributed by atoms with Gasteiger partial charge >= 0.3 is 5.97 Å². The highest BCUT2D eigenvalue weighted by molar-refractivity contribution is 5.82. The Morgan fingerprint density at radius 1 is 1.24 bits per heavy atom. The van der Waals surface area contributed by atoms with Crippen molar-refractivity contribution >= 4 is 5.97 Å². The zero-order valence-corrected chi connectivity index (χ0v) is 13.4. The summed E-state index contributed by atoms with van der Waals surface area (Å²) in [5.74, 6) is 1.81. The fraction of sp³-hybridized carbons (Fsp3) is 0.812. The lowest BCUT2D eigenvalue weighted by atomic mass is 9.81. The highest BCUT2D eigenvalue weighted by atomic mass is 16.5. The van der Waals surface area contributed by atoms with Crippen LogP contribution in [-0.2, 0) is 14.9 Å². The van der Waals surface area contributed by atoms with Crippen LogP contribution in [0, 0.1) is 0 Å². The van der Waals surface area contributed by atoms with Crippen molar-refractivity contribution in [1.82, 2.24) is 15.2 Å². The van der Waals surface area contributed by atoms with Gasteiger partial charge in [-0.1, -0.05) is 33.1 Å². The molecule has 1 N–H and O–H groups in total. The van der Waals surface area contributed by atoms with Crippen molar-refractivity contribution in [3.05, 3.63) is 11.6 Å². The minimum atomic E-state index is -0.709. The Morgan fingerprint density at radius 2 is 1.90 bits per heavy atom. The molecule has 5 heteroatoms. The quantitative estimate of drug-likeness (QED) is 0.815. The summed E-state index contributed by atoms with van der Waals surface area (Å²) in [6, 6.07) is 0. The number of ether oxygens (including phenoxy) is 1. The number of hydrogen-bond acceptors (Lipinski definition) is 4. The van der Waals surface area contributed by atoms with E-state index < -0.39 is 5.41 Å². The Labute approximate surface area is 126 Å². The van der Waals surface area contributed by atoms with Crippen LogP contribution in [0.1, 0.15) is 83.3 Å². The highest BCUT2D eigenvalue weighted by Crippen LogP contribution is 2.34. The van der Waals surface area contributed by atoms with Gasteiger partial charge in [-0.05, 0) is 32.6 Å². The molecule has 1 heterocycles. The molecule has 1 aromatic heterocycles. The number of esters is 1. The van der Waals surface area contributed by atoms with Crippen LogP contribution in [0.3, 0.4) is 0 Å². The molecule has 0 atom stereocenters. The average molecular weight is 293 g/mol. The summed E-state index contributed by atoms with van der Waals surface area (Å²) in [4.78, 5) is 17.1. The molecule has 0 bridgehead atoms. The number of carbonyl (C=O) groups is 1. The predicted octanol–water partition coefficient (Wildman–Crippen LogP) is 3.47. The third-order valence-corrected chi connectivity index (χ3v) is 4.80. The van der Waals surface area contributed by atoms with Crippen LogP contribution in [0.25, 0.3) is 0 Å². The van der Waals surface area contributed by atoms with Gasteiger partial charge in [0.25, 0.3) is 0 Å². The molecule has 0 aliphatic heterocycles. The standard InChI is InChI=1S/C16H27N3O2/c1-4-16(5-2,15(20)21-6-3)14-17-13(18-19-14)12-10-8-7-9-11-12/h12H,4-11H2,1-3H3,(H,17,18,19). The largest absolute Gasteiger partial charge is 0.465 e. The molecule has 1 aliphatic carbocycles. The molecule has 0 unspecified atom stereocenters. The van der Waals surface area contributed by atoms with Crippen LogP contribution in [0.2, 0.25) is 0 Å². The Kier molecular flexibility index (Phi) is 5.37. The van der Waals surface area contributed by atoms with Gasteiger partial charge in [0.2, 0.25) is 0 Å². The second-order valence-electron chi connectivity index (χ2n) is 5.89. The number of nitrogens with one attached hydrogen (secondary N) is 1. The number of aromatic amines is 1. The Hall–Kier alpha value is -1.39. The fourth-order valence-electron chi connectivity index (χ4n) is 3.26. The van der Waals surface area contributed by atoms with Crippen molar-refractivity contribution in [1.29, 1.82) is 0 Å². The molecule has 0 amide bonds. The van der Waals surface area contributed by atoms with Crippen molar-refractivity contribution in [2.24, 2.45) is 0 Å². The van der Waals surface area contributed by atoms with Crippen LogP contribution in [0.4, 0.5) is 0 Å². The first-order valence-electron chi connectivity index (χ1n) is 8.27. The number of nitrogens with zero attached hydrogens (tertiary/aromatic N) is 2. The van der Waals surface area contributed by atoms with Crippen LogP contribution >= 0.6 is 0 Å². The molecule has 0 spiro atoms. The smallest absolute Gasteiger partial charge is 0.319 e. The molecular formula is C16H27N3O2. The summed E-state index contributed by atoms with van der Waals surface area (Å²) in [6.07, 6.45) is 7.47. The van der Waals surface area contributed by atoms with Crippen molar-refractivity contribution in [3.63, 3.8) is 0 Å². The van der Waals surface area contributed by atoms with Gasteiger partial charge in [-0.3, -0.25) is 9.89 Å². The molecule has 5 nitrogen and oxygen atoms in total. The number of H-pyrrole nitrogens is 1. The minimum Gasteiger partial charge on any atom is -0.465 e. The molecule has 0 aromatic carbocycles. The van der Waals surface area contributed by atoms with E-state index in [1.54, 1.807) is 0 Å². The molecule has 1 saturated carbocycles. The fourth-order valence-corrected chi connectivity index (χ4v) is 3.26. The van der Waals surface area contributed by atoms with Crippen LogP contribution in [-0.4, -0.2) is 27.8 Å². The van der Waals surface area contributed by atoms with Gasteiger partial charge in [0.15, 0.2) is 5.82 Å². The minimum absolute atomic E-state index is 0.204. The van der Waals surface area contributed by atoms with Crippen molar-refractivity contribution in [2.45, 2.75) is 77.0 Å². The van der Waals surface area contributed by atoms with Gasteiger partial charge in [0, 0.05) is 5.92 Å². The van der Waals surface area contributed by atoms with E-state index in [1.807, 2.05) is 20.8 Å². The Morgan fingerprint density at radius 3 is 2.48 bits per heavy atom. The molecule has 1 fully saturated rings. The first kappa shape index (κ1) is 16.0. The summed E-state index contributed by atoms with van der Waals surface area (Å²) in [5.41, 5.74) is -0.709. The van der Waals surface area contributed by atoms with E-state index in [9.17, 15) is 4.79 Å². The zero-order chi connectivity index (χ0) is 15.3. The lowest BCUT2D eigenvalue weighted by Crippen LogP contribution is -2.37. The van der Waals surface area contributed by atoms with Gasteiger partial charge in [0.1, 0.15) is 11.2 Å². The van der Waals surface area contributed by atoms with Crippen molar-refractivity contribution in [2.75, 3.05) is 6.61 Å². The molecule has 21 heavy (non-hydrogen) atoms. The third kappa shape index (κ3) is 3.11. The number of carbonyl (C=O) groups excluding carboxylic acids is 1. The van der Waals surface area contributed by atoms with E-state index in [1.165, 1.54) is 32.1 Å². The van der Waals surface area contributed by atoms with Crippen LogP contribution < -0.4 is 0 Å². The Balaban J connectivity index is 2.24. The molecular weight excluding hydrogens is 266 g/mol. The number of rotatable bonds is 6. The van der Waals surface area contributed by atoms with Crippen LogP contribution in [0.5, 0.6) is 0 Å². The van der Waals surface area contributed by atoms with Gasteiger partial charge in [-0.25, -0.2) is 4.98 Å². The van der Waals surface area contributed by atoms with E-state index in [2.05, 4.69) is 15.2 Å². The van der Waals surface area contributed by atoms with Crippen LogP contribution in [0.15, 0.2) is 0 Å². The molecule has 118 valence electrons. The van der Waals surface area contributed by atoms with Gasteiger partial charge in [-0.2, -0.15) is 5.10 Å². The molecule has 0 saturated heterocycles. The van der Waals surface area contributed by atoms with Crippen molar-refractivity contribution in [3.8, 4) is 0 Å². The topological polar surface area (TPSA) is 67.9 Å². The first-order valence-corrected chi connectivity index (χ1v) is 8.27. The lowest BCUT2D eigenvalue weighted by Gasteiger charge is -2.25. The zero-order valence-electron chi connectivity index (χ0n) is 13.4. The average Bonchev–Trinajstić information content (AvgIpc) is 3.01. The molecule has 0 radical (unpaired) electrons. The van der Waals surface area contributed by atoms with Gasteiger partial charge in [0.05, 0.1) is 6.61 Å².